The van der Waals surface area contributed by atoms with Crippen LogP contribution in [0.4, 0.5) is 0 Å². The number of aryl methyl sites for hydroxylation is 1. The summed E-state index contributed by atoms with van der Waals surface area (Å²) in [5, 5.41) is 3.32. The van der Waals surface area contributed by atoms with Gasteiger partial charge in [-0.05, 0) is 38.4 Å². The lowest BCUT2D eigenvalue weighted by molar-refractivity contribution is 0.166. The summed E-state index contributed by atoms with van der Waals surface area (Å²) in [6, 6.07) is 3.96. The van der Waals surface area contributed by atoms with E-state index in [9.17, 15) is 0 Å². The third-order valence-corrected chi connectivity index (χ3v) is 2.44. The molecule has 2 rings (SSSR count). The van der Waals surface area contributed by atoms with E-state index in [1.807, 2.05) is 19.1 Å². The monoisotopic (exact) mass is 192 g/mol. The summed E-state index contributed by atoms with van der Waals surface area (Å²) < 4.78 is 5.79. The molecule has 0 unspecified atom stereocenters. The molecule has 1 saturated heterocycles. The summed E-state index contributed by atoms with van der Waals surface area (Å²) in [5.41, 5.74) is 1.03. The van der Waals surface area contributed by atoms with Crippen LogP contribution in [0.5, 0.6) is 5.75 Å². The molecule has 3 heteroatoms. The molecule has 1 N–H and O–H groups in total. The maximum Gasteiger partial charge on any atom is 0.138 e. The standard InChI is InChI=1S/C11H16N2O/c1-9-4-5-11(8-13-9)14-10-3-2-6-12-7-10/h4-5,8,10,12H,2-3,6-7H2,1H3/t10-/m1/s1. The molecular formula is C11H16N2O. The van der Waals surface area contributed by atoms with Gasteiger partial charge in [-0.25, -0.2) is 0 Å². The lowest BCUT2D eigenvalue weighted by Crippen LogP contribution is -2.37. The molecule has 1 fully saturated rings. The molecule has 76 valence electrons. The van der Waals surface area contributed by atoms with Crippen LogP contribution in [-0.4, -0.2) is 24.2 Å². The van der Waals surface area contributed by atoms with E-state index in [1.165, 1.54) is 6.42 Å². The van der Waals surface area contributed by atoms with Crippen molar-refractivity contribution < 1.29 is 4.74 Å². The molecule has 0 amide bonds. The molecule has 1 aromatic heterocycles. The van der Waals surface area contributed by atoms with E-state index in [2.05, 4.69) is 10.3 Å². The lowest BCUT2D eigenvalue weighted by atomic mass is 10.1. The minimum atomic E-state index is 0.313. The number of nitrogens with zero attached hydrogens (tertiary/aromatic N) is 1. The van der Waals surface area contributed by atoms with Crippen LogP contribution in [0.2, 0.25) is 0 Å². The van der Waals surface area contributed by atoms with Crippen molar-refractivity contribution in [1.29, 1.82) is 0 Å². The summed E-state index contributed by atoms with van der Waals surface area (Å²) in [6.45, 7) is 4.05. The quantitative estimate of drug-likeness (QED) is 0.771. The van der Waals surface area contributed by atoms with Gasteiger partial charge in [-0.1, -0.05) is 0 Å². The van der Waals surface area contributed by atoms with Gasteiger partial charge in [-0.15, -0.1) is 0 Å². The molecule has 1 aliphatic rings. The zero-order valence-electron chi connectivity index (χ0n) is 8.49. The van der Waals surface area contributed by atoms with Crippen LogP contribution in [0.1, 0.15) is 18.5 Å². The Labute approximate surface area is 84.5 Å². The Kier molecular flexibility index (Phi) is 2.99. The largest absolute Gasteiger partial charge is 0.487 e. The zero-order chi connectivity index (χ0) is 9.80. The van der Waals surface area contributed by atoms with E-state index in [1.54, 1.807) is 6.20 Å². The fraction of sp³-hybridized carbons (Fsp3) is 0.545. The average molecular weight is 192 g/mol. The van der Waals surface area contributed by atoms with Crippen molar-refractivity contribution in [2.24, 2.45) is 0 Å². The van der Waals surface area contributed by atoms with Crippen LogP contribution in [0.25, 0.3) is 0 Å². The van der Waals surface area contributed by atoms with Crippen LogP contribution in [0.3, 0.4) is 0 Å². The molecule has 0 bridgehead atoms. The highest BCUT2D eigenvalue weighted by Gasteiger charge is 2.13. The topological polar surface area (TPSA) is 34.1 Å². The second-order valence-electron chi connectivity index (χ2n) is 3.72. The SMILES string of the molecule is Cc1ccc(O[C@@H]2CCCNC2)cn1. The van der Waals surface area contributed by atoms with Gasteiger partial charge in [0.25, 0.3) is 0 Å². The van der Waals surface area contributed by atoms with E-state index in [4.69, 9.17) is 4.74 Å². The molecule has 1 atom stereocenters. The van der Waals surface area contributed by atoms with Crippen LogP contribution < -0.4 is 10.1 Å². The summed E-state index contributed by atoms with van der Waals surface area (Å²) in [6.07, 6.45) is 4.45. The Bertz CT molecular complexity index is 278. The fourth-order valence-corrected chi connectivity index (χ4v) is 1.64. The van der Waals surface area contributed by atoms with Crippen molar-refractivity contribution in [1.82, 2.24) is 10.3 Å². The predicted octanol–water partition coefficient (Wildman–Crippen LogP) is 1.52. The van der Waals surface area contributed by atoms with Crippen molar-refractivity contribution in [3.8, 4) is 5.75 Å². The van der Waals surface area contributed by atoms with Crippen LogP contribution in [0, 0.1) is 6.92 Å². The van der Waals surface area contributed by atoms with Crippen molar-refractivity contribution in [3.05, 3.63) is 24.0 Å². The van der Waals surface area contributed by atoms with Crippen molar-refractivity contribution in [3.63, 3.8) is 0 Å². The molecule has 0 aliphatic carbocycles. The second-order valence-corrected chi connectivity index (χ2v) is 3.72. The van der Waals surface area contributed by atoms with Gasteiger partial charge in [0.2, 0.25) is 0 Å². The normalized spacial score (nSPS) is 21.9. The Hall–Kier alpha value is -1.09. The molecule has 1 aromatic rings. The minimum absolute atomic E-state index is 0.313. The molecule has 2 heterocycles. The number of aromatic nitrogens is 1. The van der Waals surface area contributed by atoms with Gasteiger partial charge < -0.3 is 10.1 Å². The molecule has 3 nitrogen and oxygen atoms in total. The third-order valence-electron chi connectivity index (χ3n) is 2.44. The third kappa shape index (κ3) is 2.45. The Morgan fingerprint density at radius 3 is 3.07 bits per heavy atom. The van der Waals surface area contributed by atoms with Gasteiger partial charge in [0.1, 0.15) is 11.9 Å². The molecule has 1 aliphatic heterocycles. The zero-order valence-corrected chi connectivity index (χ0v) is 8.49. The molecule has 0 aromatic carbocycles. The van der Waals surface area contributed by atoms with Crippen LogP contribution in [0.15, 0.2) is 18.3 Å². The highest BCUT2D eigenvalue weighted by Crippen LogP contribution is 2.14. The lowest BCUT2D eigenvalue weighted by Gasteiger charge is -2.23. The van der Waals surface area contributed by atoms with Crippen molar-refractivity contribution >= 4 is 0 Å². The first-order valence-corrected chi connectivity index (χ1v) is 5.14. The van der Waals surface area contributed by atoms with Crippen molar-refractivity contribution in [2.45, 2.75) is 25.9 Å². The number of ether oxygens (including phenoxy) is 1. The molecule has 14 heavy (non-hydrogen) atoms. The Morgan fingerprint density at radius 2 is 2.43 bits per heavy atom. The predicted molar refractivity (Wildman–Crippen MR) is 55.5 cm³/mol. The van der Waals surface area contributed by atoms with E-state index < -0.39 is 0 Å². The fourth-order valence-electron chi connectivity index (χ4n) is 1.64. The summed E-state index contributed by atoms with van der Waals surface area (Å²) in [4.78, 5) is 4.20. The van der Waals surface area contributed by atoms with E-state index in [0.29, 0.717) is 6.10 Å². The maximum absolute atomic E-state index is 5.79. The summed E-state index contributed by atoms with van der Waals surface area (Å²) in [5.74, 6) is 0.879. The Balaban J connectivity index is 1.92. The number of nitrogens with one attached hydrogen (secondary N) is 1. The van der Waals surface area contributed by atoms with Gasteiger partial charge >= 0.3 is 0 Å². The molecular weight excluding hydrogens is 176 g/mol. The van der Waals surface area contributed by atoms with E-state index >= 15 is 0 Å². The van der Waals surface area contributed by atoms with Gasteiger partial charge in [-0.3, -0.25) is 4.98 Å². The van der Waals surface area contributed by atoms with Gasteiger partial charge in [-0.2, -0.15) is 0 Å². The highest BCUT2D eigenvalue weighted by molar-refractivity contribution is 5.19. The first kappa shape index (κ1) is 9.46. The van der Waals surface area contributed by atoms with Crippen molar-refractivity contribution in [2.75, 3.05) is 13.1 Å². The smallest absolute Gasteiger partial charge is 0.138 e. The number of pyridine rings is 1. The summed E-state index contributed by atoms with van der Waals surface area (Å²) in [7, 11) is 0. The number of rotatable bonds is 2. The van der Waals surface area contributed by atoms with E-state index in [-0.39, 0.29) is 0 Å². The van der Waals surface area contributed by atoms with Crippen LogP contribution >= 0.6 is 0 Å². The summed E-state index contributed by atoms with van der Waals surface area (Å²) >= 11 is 0. The number of hydrogen-bond donors (Lipinski definition) is 1. The molecule has 0 radical (unpaired) electrons. The second kappa shape index (κ2) is 4.42. The van der Waals surface area contributed by atoms with Gasteiger partial charge in [0.05, 0.1) is 6.20 Å². The molecule has 0 spiro atoms. The van der Waals surface area contributed by atoms with Gasteiger partial charge in [0, 0.05) is 12.2 Å². The average Bonchev–Trinajstić information content (AvgIpc) is 2.23. The number of hydrogen-bond acceptors (Lipinski definition) is 3. The van der Waals surface area contributed by atoms with Gasteiger partial charge in [0.15, 0.2) is 0 Å². The van der Waals surface area contributed by atoms with E-state index in [0.717, 1.165) is 31.0 Å². The molecule has 0 saturated carbocycles. The maximum atomic E-state index is 5.79. The Morgan fingerprint density at radius 1 is 1.50 bits per heavy atom. The first-order valence-electron chi connectivity index (χ1n) is 5.14. The minimum Gasteiger partial charge on any atom is -0.487 e. The van der Waals surface area contributed by atoms with Crippen LogP contribution in [-0.2, 0) is 0 Å². The highest BCUT2D eigenvalue weighted by atomic mass is 16.5. The first-order chi connectivity index (χ1) is 6.84. The number of piperidine rings is 1.